The van der Waals surface area contributed by atoms with Gasteiger partial charge in [0, 0.05) is 0 Å². The summed E-state index contributed by atoms with van der Waals surface area (Å²) in [4.78, 5) is 4.68. The Bertz CT molecular complexity index is 389. The van der Waals surface area contributed by atoms with Crippen LogP contribution in [0.15, 0.2) is 30.4 Å². The summed E-state index contributed by atoms with van der Waals surface area (Å²) in [5.74, 6) is 0. The number of pyridine rings is 1. The number of nitrogens with zero attached hydrogens (tertiary/aromatic N) is 1. The average molecular weight is 183 g/mol. The van der Waals surface area contributed by atoms with E-state index in [1.165, 1.54) is 48.2 Å². The monoisotopic (exact) mass is 183 g/mol. The molecule has 1 heterocycles. The van der Waals surface area contributed by atoms with Crippen LogP contribution in [0.25, 0.3) is 11.1 Å². The second-order valence-corrected chi connectivity index (χ2v) is 3.94. The highest BCUT2D eigenvalue weighted by molar-refractivity contribution is 5.71. The Balaban J connectivity index is 1.98. The van der Waals surface area contributed by atoms with Crippen LogP contribution in [-0.4, -0.2) is 4.98 Å². The minimum Gasteiger partial charge on any atom is -0.249 e. The molecule has 14 heavy (non-hydrogen) atoms. The van der Waals surface area contributed by atoms with Crippen LogP contribution in [0.2, 0.25) is 0 Å². The lowest BCUT2D eigenvalue weighted by Crippen LogP contribution is -2.01. The molecule has 0 bridgehead atoms. The summed E-state index contributed by atoms with van der Waals surface area (Å²) in [5, 5.41) is 0. The van der Waals surface area contributed by atoms with Gasteiger partial charge in [0.15, 0.2) is 0 Å². The Labute approximate surface area is 84.2 Å². The highest BCUT2D eigenvalue weighted by Crippen LogP contribution is 2.31. The maximum absolute atomic E-state index is 4.68. The molecule has 1 heteroatoms. The van der Waals surface area contributed by atoms with Gasteiger partial charge in [-0.05, 0) is 49.0 Å². The first-order valence-electron chi connectivity index (χ1n) is 5.29. The van der Waals surface area contributed by atoms with Crippen LogP contribution < -0.4 is 0 Å². The normalized spacial score (nSPS) is 19.1. The molecule has 0 N–H and O–H groups in total. The summed E-state index contributed by atoms with van der Waals surface area (Å²) in [6.45, 7) is 0. The predicted octanol–water partition coefficient (Wildman–Crippen LogP) is 3.44. The molecular weight excluding hydrogens is 170 g/mol. The Hall–Kier alpha value is -1.37. The summed E-state index contributed by atoms with van der Waals surface area (Å²) in [5.41, 5.74) is 5.21. The van der Waals surface area contributed by atoms with Gasteiger partial charge in [0.2, 0.25) is 0 Å². The van der Waals surface area contributed by atoms with Gasteiger partial charge in [-0.3, -0.25) is 0 Å². The second-order valence-electron chi connectivity index (χ2n) is 3.94. The molecule has 0 aliphatic heterocycles. The van der Waals surface area contributed by atoms with E-state index in [0.717, 1.165) is 0 Å². The minimum atomic E-state index is 1.18. The van der Waals surface area contributed by atoms with Crippen molar-refractivity contribution in [3.8, 4) is 0 Å². The van der Waals surface area contributed by atoms with Gasteiger partial charge in [-0.25, -0.2) is 4.98 Å². The van der Waals surface area contributed by atoms with E-state index >= 15 is 0 Å². The largest absolute Gasteiger partial charge is 0.249 e. The molecule has 3 rings (SSSR count). The summed E-state index contributed by atoms with van der Waals surface area (Å²) in [6, 6.07) is 6.36. The first-order valence-corrected chi connectivity index (χ1v) is 5.29. The Morgan fingerprint density at radius 2 is 1.36 bits per heavy atom. The van der Waals surface area contributed by atoms with Crippen LogP contribution >= 0.6 is 0 Å². The summed E-state index contributed by atoms with van der Waals surface area (Å²) in [6.07, 6.45) is 9.42. The van der Waals surface area contributed by atoms with Gasteiger partial charge in [0.25, 0.3) is 0 Å². The molecule has 0 unspecified atom stereocenters. The molecule has 1 aromatic heterocycles. The lowest BCUT2D eigenvalue weighted by Gasteiger charge is -2.17. The molecular formula is C13H13N. The SMILES string of the molecule is C1=C(c2cccc(C3=CCC3)n2)CC1. The highest BCUT2D eigenvalue weighted by atomic mass is 14.7. The molecule has 70 valence electrons. The fourth-order valence-electron chi connectivity index (χ4n) is 1.84. The number of hydrogen-bond acceptors (Lipinski definition) is 1. The average Bonchev–Trinajstić information content (AvgIpc) is 1.98. The Morgan fingerprint density at radius 3 is 1.71 bits per heavy atom. The molecule has 1 nitrogen and oxygen atoms in total. The molecule has 0 saturated carbocycles. The van der Waals surface area contributed by atoms with Crippen molar-refractivity contribution in [3.05, 3.63) is 41.7 Å². The van der Waals surface area contributed by atoms with Gasteiger partial charge < -0.3 is 0 Å². The smallest absolute Gasteiger partial charge is 0.0665 e. The van der Waals surface area contributed by atoms with Crippen molar-refractivity contribution >= 4 is 11.1 Å². The van der Waals surface area contributed by atoms with Gasteiger partial charge in [-0.2, -0.15) is 0 Å². The van der Waals surface area contributed by atoms with Crippen molar-refractivity contribution in [3.63, 3.8) is 0 Å². The van der Waals surface area contributed by atoms with Crippen molar-refractivity contribution in [1.82, 2.24) is 4.98 Å². The van der Waals surface area contributed by atoms with Crippen LogP contribution in [0.1, 0.15) is 37.1 Å². The predicted molar refractivity (Wildman–Crippen MR) is 58.7 cm³/mol. The third kappa shape index (κ3) is 1.20. The molecule has 0 aromatic carbocycles. The quantitative estimate of drug-likeness (QED) is 0.684. The zero-order chi connectivity index (χ0) is 9.38. The van der Waals surface area contributed by atoms with E-state index in [-0.39, 0.29) is 0 Å². The van der Waals surface area contributed by atoms with Crippen LogP contribution in [0, 0.1) is 0 Å². The number of rotatable bonds is 2. The number of allylic oxidation sites excluding steroid dienone is 4. The van der Waals surface area contributed by atoms with E-state index in [0.29, 0.717) is 0 Å². The van der Waals surface area contributed by atoms with E-state index in [2.05, 4.69) is 35.3 Å². The molecule has 2 aliphatic rings. The number of aromatic nitrogens is 1. The maximum atomic E-state index is 4.68. The van der Waals surface area contributed by atoms with Crippen molar-refractivity contribution in [1.29, 1.82) is 0 Å². The minimum absolute atomic E-state index is 1.18. The van der Waals surface area contributed by atoms with E-state index in [1.807, 2.05) is 0 Å². The summed E-state index contributed by atoms with van der Waals surface area (Å²) >= 11 is 0. The second kappa shape index (κ2) is 3.09. The lowest BCUT2D eigenvalue weighted by atomic mass is 9.93. The molecule has 0 saturated heterocycles. The van der Waals surface area contributed by atoms with Crippen molar-refractivity contribution in [2.24, 2.45) is 0 Å². The van der Waals surface area contributed by atoms with Crippen LogP contribution in [-0.2, 0) is 0 Å². The molecule has 0 amide bonds. The van der Waals surface area contributed by atoms with Crippen molar-refractivity contribution in [2.75, 3.05) is 0 Å². The lowest BCUT2D eigenvalue weighted by molar-refractivity contribution is 0.951. The molecule has 0 spiro atoms. The van der Waals surface area contributed by atoms with Gasteiger partial charge in [-0.15, -0.1) is 0 Å². The third-order valence-electron chi connectivity index (χ3n) is 3.02. The van der Waals surface area contributed by atoms with Crippen LogP contribution in [0.5, 0.6) is 0 Å². The van der Waals surface area contributed by atoms with Gasteiger partial charge in [0.05, 0.1) is 11.4 Å². The zero-order valence-corrected chi connectivity index (χ0v) is 8.16. The Kier molecular flexibility index (Phi) is 1.76. The van der Waals surface area contributed by atoms with Gasteiger partial charge in [0.1, 0.15) is 0 Å². The molecule has 0 atom stereocenters. The third-order valence-corrected chi connectivity index (χ3v) is 3.02. The summed E-state index contributed by atoms with van der Waals surface area (Å²) in [7, 11) is 0. The van der Waals surface area contributed by atoms with E-state index < -0.39 is 0 Å². The van der Waals surface area contributed by atoms with E-state index in [9.17, 15) is 0 Å². The van der Waals surface area contributed by atoms with Crippen molar-refractivity contribution in [2.45, 2.75) is 25.7 Å². The fourth-order valence-corrected chi connectivity index (χ4v) is 1.84. The van der Waals surface area contributed by atoms with E-state index in [1.54, 1.807) is 0 Å². The molecule has 1 aromatic rings. The van der Waals surface area contributed by atoms with Gasteiger partial charge in [-0.1, -0.05) is 18.2 Å². The Morgan fingerprint density at radius 1 is 0.857 bits per heavy atom. The highest BCUT2D eigenvalue weighted by Gasteiger charge is 2.13. The maximum Gasteiger partial charge on any atom is 0.0665 e. The molecule has 2 aliphatic carbocycles. The fraction of sp³-hybridized carbons (Fsp3) is 0.308. The topological polar surface area (TPSA) is 12.9 Å². The van der Waals surface area contributed by atoms with E-state index in [4.69, 9.17) is 0 Å². The molecule has 0 fully saturated rings. The van der Waals surface area contributed by atoms with Crippen LogP contribution in [0.3, 0.4) is 0 Å². The van der Waals surface area contributed by atoms with Gasteiger partial charge >= 0.3 is 0 Å². The van der Waals surface area contributed by atoms with Crippen LogP contribution in [0.4, 0.5) is 0 Å². The number of hydrogen-bond donors (Lipinski definition) is 0. The molecule has 0 radical (unpaired) electrons. The van der Waals surface area contributed by atoms with Crippen molar-refractivity contribution < 1.29 is 0 Å². The summed E-state index contributed by atoms with van der Waals surface area (Å²) < 4.78 is 0. The standard InChI is InChI=1S/C13H13N/c1-4-10(5-1)12-8-3-9-13(14-12)11-6-2-7-11/h3-4,6,8-9H,1-2,5,7H2. The first kappa shape index (κ1) is 7.98. The first-order chi connectivity index (χ1) is 6.93. The zero-order valence-electron chi connectivity index (χ0n) is 8.16.